The van der Waals surface area contributed by atoms with E-state index in [1.54, 1.807) is 0 Å². The fourth-order valence-corrected chi connectivity index (χ4v) is 1.59. The molecule has 0 bridgehead atoms. The third-order valence-electron chi connectivity index (χ3n) is 2.37. The van der Waals surface area contributed by atoms with Crippen molar-refractivity contribution < 1.29 is 13.9 Å². The van der Waals surface area contributed by atoms with Gasteiger partial charge in [-0.05, 0) is 25.1 Å². The first-order valence-corrected chi connectivity index (χ1v) is 5.34. The molecular formula is C11H11N3O3. The van der Waals surface area contributed by atoms with Gasteiger partial charge in [0, 0.05) is 12.1 Å². The summed E-state index contributed by atoms with van der Waals surface area (Å²) < 4.78 is 16.0. The van der Waals surface area contributed by atoms with Crippen molar-refractivity contribution in [1.82, 2.24) is 10.2 Å². The number of anilines is 1. The molecule has 1 aromatic carbocycles. The predicted octanol–water partition coefficient (Wildman–Crippen LogP) is 1.90. The Balaban J connectivity index is 1.92. The highest BCUT2D eigenvalue weighted by atomic mass is 16.7. The van der Waals surface area contributed by atoms with Gasteiger partial charge >= 0.3 is 6.01 Å². The van der Waals surface area contributed by atoms with E-state index >= 15 is 0 Å². The maximum atomic E-state index is 5.44. The normalized spacial score (nSPS) is 12.8. The Bertz CT molecular complexity index is 539. The molecule has 1 aromatic heterocycles. The molecule has 0 radical (unpaired) electrons. The minimum Gasteiger partial charge on any atom is -0.454 e. The highest BCUT2D eigenvalue weighted by Gasteiger charge is 2.16. The molecule has 3 rings (SSSR count). The van der Waals surface area contributed by atoms with Crippen LogP contribution in [0, 0.1) is 0 Å². The first kappa shape index (κ1) is 9.95. The number of rotatable bonds is 3. The Morgan fingerprint density at radius 1 is 1.24 bits per heavy atom. The molecular weight excluding hydrogens is 222 g/mol. The minimum atomic E-state index is 0.255. The highest BCUT2D eigenvalue weighted by Crippen LogP contribution is 2.35. The summed E-state index contributed by atoms with van der Waals surface area (Å²) in [6, 6.07) is 5.93. The van der Waals surface area contributed by atoms with Gasteiger partial charge in [-0.1, -0.05) is 5.10 Å². The average molecular weight is 233 g/mol. The topological polar surface area (TPSA) is 69.4 Å². The Hall–Kier alpha value is -2.24. The van der Waals surface area contributed by atoms with Crippen LogP contribution >= 0.6 is 0 Å². The fraction of sp³-hybridized carbons (Fsp3) is 0.273. The van der Waals surface area contributed by atoms with E-state index in [1.165, 1.54) is 0 Å². The van der Waals surface area contributed by atoms with Crippen molar-refractivity contribution in [2.75, 3.05) is 18.7 Å². The molecule has 0 spiro atoms. The maximum Gasteiger partial charge on any atom is 0.315 e. The molecule has 1 aliphatic rings. The minimum absolute atomic E-state index is 0.255. The Labute approximate surface area is 97.6 Å². The Kier molecular flexibility index (Phi) is 2.32. The number of hydrogen-bond acceptors (Lipinski definition) is 6. The van der Waals surface area contributed by atoms with Crippen LogP contribution in [0.2, 0.25) is 0 Å². The van der Waals surface area contributed by atoms with Crippen molar-refractivity contribution in [1.29, 1.82) is 0 Å². The number of aromatic nitrogens is 2. The lowest BCUT2D eigenvalue weighted by molar-refractivity contribution is 0.174. The van der Waals surface area contributed by atoms with Crippen LogP contribution in [0.1, 0.15) is 6.92 Å². The molecule has 0 unspecified atom stereocenters. The molecule has 2 heterocycles. The summed E-state index contributed by atoms with van der Waals surface area (Å²) in [6.45, 7) is 2.96. The van der Waals surface area contributed by atoms with Crippen molar-refractivity contribution >= 4 is 6.01 Å². The quantitative estimate of drug-likeness (QED) is 0.873. The largest absolute Gasteiger partial charge is 0.454 e. The molecule has 0 aliphatic carbocycles. The van der Waals surface area contributed by atoms with Crippen LogP contribution in [-0.2, 0) is 0 Å². The molecule has 0 saturated heterocycles. The smallest absolute Gasteiger partial charge is 0.315 e. The van der Waals surface area contributed by atoms with Gasteiger partial charge in [0.1, 0.15) is 0 Å². The molecule has 0 fully saturated rings. The molecule has 2 aromatic rings. The second-order valence-electron chi connectivity index (χ2n) is 3.51. The maximum absolute atomic E-state index is 5.44. The predicted molar refractivity (Wildman–Crippen MR) is 60.0 cm³/mol. The zero-order valence-corrected chi connectivity index (χ0v) is 9.27. The first-order valence-electron chi connectivity index (χ1n) is 5.34. The van der Waals surface area contributed by atoms with Gasteiger partial charge in [-0.3, -0.25) is 0 Å². The summed E-state index contributed by atoms with van der Waals surface area (Å²) in [5, 5.41) is 10.8. The lowest BCUT2D eigenvalue weighted by atomic mass is 10.2. The molecule has 6 heteroatoms. The van der Waals surface area contributed by atoms with Crippen molar-refractivity contribution in [3.8, 4) is 23.0 Å². The van der Waals surface area contributed by atoms with Gasteiger partial charge in [-0.25, -0.2) is 0 Å². The number of benzene rings is 1. The SMILES string of the molecule is CCNc1nnc(-c2ccc3c(c2)OCO3)o1. The second-order valence-corrected chi connectivity index (χ2v) is 3.51. The third kappa shape index (κ3) is 1.77. The first-order chi connectivity index (χ1) is 8.36. The summed E-state index contributed by atoms with van der Waals surface area (Å²) >= 11 is 0. The standard InChI is InChI=1S/C11H11N3O3/c1-2-12-11-14-13-10(17-11)7-3-4-8-9(5-7)16-6-15-8/h3-5H,2,6H2,1H3,(H,12,14). The van der Waals surface area contributed by atoms with Gasteiger partial charge in [0.2, 0.25) is 12.7 Å². The summed E-state index contributed by atoms with van der Waals surface area (Å²) in [4.78, 5) is 0. The highest BCUT2D eigenvalue weighted by molar-refractivity contribution is 5.60. The van der Waals surface area contributed by atoms with Crippen molar-refractivity contribution in [3.05, 3.63) is 18.2 Å². The van der Waals surface area contributed by atoms with E-state index in [1.807, 2.05) is 25.1 Å². The van der Waals surface area contributed by atoms with E-state index in [0.717, 1.165) is 17.9 Å². The van der Waals surface area contributed by atoms with Crippen LogP contribution in [0.25, 0.3) is 11.5 Å². The molecule has 1 N–H and O–H groups in total. The van der Waals surface area contributed by atoms with E-state index < -0.39 is 0 Å². The molecule has 0 atom stereocenters. The van der Waals surface area contributed by atoms with Gasteiger partial charge in [-0.15, -0.1) is 5.10 Å². The van der Waals surface area contributed by atoms with E-state index in [-0.39, 0.29) is 6.79 Å². The summed E-state index contributed by atoms with van der Waals surface area (Å²) in [7, 11) is 0. The van der Waals surface area contributed by atoms with Crippen LogP contribution in [0.4, 0.5) is 6.01 Å². The summed E-state index contributed by atoms with van der Waals surface area (Å²) in [5.74, 6) is 1.89. The number of fused-ring (bicyclic) bond motifs is 1. The fourth-order valence-electron chi connectivity index (χ4n) is 1.59. The zero-order valence-electron chi connectivity index (χ0n) is 9.27. The monoisotopic (exact) mass is 233 g/mol. The molecule has 6 nitrogen and oxygen atoms in total. The van der Waals surface area contributed by atoms with Crippen molar-refractivity contribution in [2.45, 2.75) is 6.92 Å². The van der Waals surface area contributed by atoms with Crippen LogP contribution in [0.5, 0.6) is 11.5 Å². The molecule has 0 amide bonds. The van der Waals surface area contributed by atoms with Crippen LogP contribution < -0.4 is 14.8 Å². The second kappa shape index (κ2) is 3.97. The van der Waals surface area contributed by atoms with Crippen LogP contribution in [0.15, 0.2) is 22.6 Å². The van der Waals surface area contributed by atoms with Gasteiger partial charge < -0.3 is 19.2 Å². The van der Waals surface area contributed by atoms with E-state index in [0.29, 0.717) is 17.7 Å². The summed E-state index contributed by atoms with van der Waals surface area (Å²) in [5.41, 5.74) is 0.811. The van der Waals surface area contributed by atoms with Crippen molar-refractivity contribution in [3.63, 3.8) is 0 Å². The lowest BCUT2D eigenvalue weighted by Gasteiger charge is -1.98. The number of nitrogens with one attached hydrogen (secondary N) is 1. The molecule has 88 valence electrons. The van der Waals surface area contributed by atoms with E-state index in [4.69, 9.17) is 13.9 Å². The summed E-state index contributed by atoms with van der Waals surface area (Å²) in [6.07, 6.45) is 0. The molecule has 17 heavy (non-hydrogen) atoms. The Morgan fingerprint density at radius 3 is 3.00 bits per heavy atom. The van der Waals surface area contributed by atoms with Crippen molar-refractivity contribution in [2.24, 2.45) is 0 Å². The van der Waals surface area contributed by atoms with Crippen LogP contribution in [-0.4, -0.2) is 23.5 Å². The van der Waals surface area contributed by atoms with Gasteiger partial charge in [-0.2, -0.15) is 0 Å². The lowest BCUT2D eigenvalue weighted by Crippen LogP contribution is -1.95. The number of nitrogens with zero attached hydrogens (tertiary/aromatic N) is 2. The van der Waals surface area contributed by atoms with Gasteiger partial charge in [0.25, 0.3) is 0 Å². The molecule has 1 aliphatic heterocycles. The average Bonchev–Trinajstić information content (AvgIpc) is 2.96. The number of hydrogen-bond donors (Lipinski definition) is 1. The van der Waals surface area contributed by atoms with Crippen LogP contribution in [0.3, 0.4) is 0 Å². The van der Waals surface area contributed by atoms with Gasteiger partial charge in [0.15, 0.2) is 11.5 Å². The number of ether oxygens (including phenoxy) is 2. The molecule has 0 saturated carbocycles. The third-order valence-corrected chi connectivity index (χ3v) is 2.37. The van der Waals surface area contributed by atoms with E-state index in [2.05, 4.69) is 15.5 Å². The van der Waals surface area contributed by atoms with E-state index in [9.17, 15) is 0 Å². The zero-order chi connectivity index (χ0) is 11.7. The van der Waals surface area contributed by atoms with Gasteiger partial charge in [0.05, 0.1) is 0 Å². The Morgan fingerprint density at radius 2 is 2.12 bits per heavy atom.